The van der Waals surface area contributed by atoms with Crippen molar-refractivity contribution in [3.8, 4) is 10.6 Å². The highest BCUT2D eigenvalue weighted by Crippen LogP contribution is 2.18. The number of hydrogen-bond donors (Lipinski definition) is 1. The van der Waals surface area contributed by atoms with Gasteiger partial charge in [-0.15, -0.1) is 11.3 Å². The molecule has 1 N–H and O–H groups in total. The van der Waals surface area contributed by atoms with Crippen molar-refractivity contribution >= 4 is 11.3 Å². The lowest BCUT2D eigenvalue weighted by molar-refractivity contribution is 1.15. The monoisotopic (exact) mass is 179 g/mol. The zero-order valence-electron chi connectivity index (χ0n) is 6.02. The van der Waals surface area contributed by atoms with E-state index in [4.69, 9.17) is 0 Å². The van der Waals surface area contributed by atoms with Crippen molar-refractivity contribution in [1.82, 2.24) is 15.0 Å². The lowest BCUT2D eigenvalue weighted by atomic mass is 10.4. The van der Waals surface area contributed by atoms with Crippen LogP contribution in [0.5, 0.6) is 0 Å². The van der Waals surface area contributed by atoms with E-state index in [9.17, 15) is 4.79 Å². The van der Waals surface area contributed by atoms with Crippen LogP contribution in [0, 0.1) is 0 Å². The normalized spacial score (nSPS) is 10.0. The predicted octanol–water partition coefficient (Wildman–Crippen LogP) is 0.893. The van der Waals surface area contributed by atoms with Gasteiger partial charge in [-0.2, -0.15) is 0 Å². The zero-order chi connectivity index (χ0) is 8.39. The van der Waals surface area contributed by atoms with E-state index in [-0.39, 0.29) is 5.56 Å². The molecule has 0 aliphatic rings. The van der Waals surface area contributed by atoms with Gasteiger partial charge in [0.05, 0.1) is 22.3 Å². The maximum atomic E-state index is 10.7. The fraction of sp³-hybridized carbons (Fsp3) is 0. The number of nitrogens with one attached hydrogen (secondary N) is 1. The van der Waals surface area contributed by atoms with Crippen molar-refractivity contribution in [2.24, 2.45) is 0 Å². The molecule has 5 heteroatoms. The van der Waals surface area contributed by atoms with Crippen LogP contribution in [0.25, 0.3) is 10.6 Å². The van der Waals surface area contributed by atoms with Crippen molar-refractivity contribution in [2.45, 2.75) is 0 Å². The van der Waals surface area contributed by atoms with Crippen LogP contribution in [0.3, 0.4) is 0 Å². The molecule has 0 atom stereocenters. The molecule has 60 valence electrons. The van der Waals surface area contributed by atoms with Gasteiger partial charge in [-0.25, -0.2) is 4.98 Å². The summed E-state index contributed by atoms with van der Waals surface area (Å²) in [5, 5.41) is 0. The Labute approximate surface area is 71.9 Å². The number of thiazole rings is 1. The first-order valence-electron chi connectivity index (χ1n) is 3.30. The van der Waals surface area contributed by atoms with Crippen molar-refractivity contribution in [3.63, 3.8) is 0 Å². The highest BCUT2D eigenvalue weighted by molar-refractivity contribution is 7.13. The number of rotatable bonds is 1. The average molecular weight is 179 g/mol. The molecule has 0 saturated heterocycles. The average Bonchev–Trinajstić information content (AvgIpc) is 2.58. The van der Waals surface area contributed by atoms with Gasteiger partial charge in [0.1, 0.15) is 0 Å². The molecule has 0 amide bonds. The summed E-state index contributed by atoms with van der Waals surface area (Å²) >= 11 is 1.49. The van der Waals surface area contributed by atoms with Gasteiger partial charge in [0.15, 0.2) is 0 Å². The molecule has 0 bridgehead atoms. The first-order valence-corrected chi connectivity index (χ1v) is 4.18. The van der Waals surface area contributed by atoms with Crippen LogP contribution >= 0.6 is 11.3 Å². The Bertz CT molecular complexity index is 400. The number of nitrogens with zero attached hydrogens (tertiary/aromatic N) is 2. The van der Waals surface area contributed by atoms with Gasteiger partial charge in [0.2, 0.25) is 0 Å². The van der Waals surface area contributed by atoms with Crippen molar-refractivity contribution < 1.29 is 0 Å². The number of aromatic nitrogens is 3. The van der Waals surface area contributed by atoms with Crippen LogP contribution in [0.1, 0.15) is 0 Å². The summed E-state index contributed by atoms with van der Waals surface area (Å²) in [7, 11) is 0. The zero-order valence-corrected chi connectivity index (χ0v) is 6.84. The van der Waals surface area contributed by atoms with Gasteiger partial charge in [0.25, 0.3) is 5.56 Å². The molecule has 0 aliphatic carbocycles. The van der Waals surface area contributed by atoms with Crippen LogP contribution in [-0.2, 0) is 0 Å². The second-order valence-corrected chi connectivity index (χ2v) is 3.05. The Morgan fingerprint density at radius 2 is 2.33 bits per heavy atom. The van der Waals surface area contributed by atoms with Crippen LogP contribution in [-0.4, -0.2) is 15.0 Å². The third kappa shape index (κ3) is 1.26. The Morgan fingerprint density at radius 1 is 1.42 bits per heavy atom. The topological polar surface area (TPSA) is 58.6 Å². The third-order valence-corrected chi connectivity index (χ3v) is 2.15. The molecular weight excluding hydrogens is 174 g/mol. The summed E-state index contributed by atoms with van der Waals surface area (Å²) in [6, 6.07) is 0. The van der Waals surface area contributed by atoms with Gasteiger partial charge in [0, 0.05) is 12.4 Å². The fourth-order valence-corrected chi connectivity index (χ4v) is 1.41. The smallest absolute Gasteiger partial charge is 0.266 e. The van der Waals surface area contributed by atoms with E-state index in [1.807, 2.05) is 0 Å². The molecule has 4 nitrogen and oxygen atoms in total. The molecule has 0 radical (unpaired) electrons. The molecule has 2 heterocycles. The van der Waals surface area contributed by atoms with Gasteiger partial charge in [-0.05, 0) is 0 Å². The molecule has 2 aromatic heterocycles. The molecule has 2 aromatic rings. The minimum Gasteiger partial charge on any atom is -0.326 e. The SMILES string of the molecule is O=c1cnc(-c2cncs2)c[nH]1. The number of H-pyrrole nitrogens is 1. The third-order valence-electron chi connectivity index (χ3n) is 1.36. The van der Waals surface area contributed by atoms with E-state index in [0.29, 0.717) is 0 Å². The highest BCUT2D eigenvalue weighted by Gasteiger charge is 1.98. The number of hydrogen-bond acceptors (Lipinski definition) is 4. The van der Waals surface area contributed by atoms with Gasteiger partial charge >= 0.3 is 0 Å². The molecule has 0 fully saturated rings. The Hall–Kier alpha value is -1.49. The van der Waals surface area contributed by atoms with Crippen LogP contribution < -0.4 is 5.56 Å². The lowest BCUT2D eigenvalue weighted by Gasteiger charge is -1.91. The Morgan fingerprint density at radius 3 is 2.92 bits per heavy atom. The second kappa shape index (κ2) is 2.86. The Kier molecular flexibility index (Phi) is 1.71. The van der Waals surface area contributed by atoms with E-state index in [1.165, 1.54) is 17.5 Å². The van der Waals surface area contributed by atoms with Crippen LogP contribution in [0.2, 0.25) is 0 Å². The molecule has 2 rings (SSSR count). The van der Waals surface area contributed by atoms with Crippen molar-refractivity contribution in [2.75, 3.05) is 0 Å². The molecule has 12 heavy (non-hydrogen) atoms. The molecule has 0 unspecified atom stereocenters. The van der Waals surface area contributed by atoms with E-state index >= 15 is 0 Å². The van der Waals surface area contributed by atoms with Gasteiger partial charge < -0.3 is 4.98 Å². The fourth-order valence-electron chi connectivity index (χ4n) is 0.819. The summed E-state index contributed by atoms with van der Waals surface area (Å²) < 4.78 is 0. The van der Waals surface area contributed by atoms with E-state index in [1.54, 1.807) is 17.9 Å². The van der Waals surface area contributed by atoms with Crippen molar-refractivity contribution in [1.29, 1.82) is 0 Å². The standard InChI is InChI=1S/C7H5N3OS/c11-7-3-9-5(1-10-7)6-2-8-4-12-6/h1-4H,(H,10,11). The molecule has 0 aromatic carbocycles. The predicted molar refractivity (Wildman–Crippen MR) is 46.0 cm³/mol. The Balaban J connectivity index is 2.49. The maximum absolute atomic E-state index is 10.7. The summed E-state index contributed by atoms with van der Waals surface area (Å²) in [5.41, 5.74) is 2.28. The van der Waals surface area contributed by atoms with Gasteiger partial charge in [-0.1, -0.05) is 0 Å². The summed E-state index contributed by atoms with van der Waals surface area (Å²) in [6.45, 7) is 0. The summed E-state index contributed by atoms with van der Waals surface area (Å²) in [5.74, 6) is 0. The van der Waals surface area contributed by atoms with Crippen molar-refractivity contribution in [3.05, 3.63) is 34.5 Å². The van der Waals surface area contributed by atoms with Crippen LogP contribution in [0.15, 0.2) is 28.9 Å². The molecule has 0 aliphatic heterocycles. The lowest BCUT2D eigenvalue weighted by Crippen LogP contribution is -2.03. The van der Waals surface area contributed by atoms with Gasteiger partial charge in [-0.3, -0.25) is 9.78 Å². The van der Waals surface area contributed by atoms with E-state index < -0.39 is 0 Å². The molecule has 0 spiro atoms. The summed E-state index contributed by atoms with van der Waals surface area (Å²) in [4.78, 5) is 22.0. The van der Waals surface area contributed by atoms with Crippen LogP contribution in [0.4, 0.5) is 0 Å². The minimum atomic E-state index is -0.191. The largest absolute Gasteiger partial charge is 0.326 e. The molecule has 0 saturated carbocycles. The quantitative estimate of drug-likeness (QED) is 0.707. The maximum Gasteiger partial charge on any atom is 0.266 e. The second-order valence-electron chi connectivity index (χ2n) is 2.16. The molecular formula is C7H5N3OS. The minimum absolute atomic E-state index is 0.191. The first-order chi connectivity index (χ1) is 5.86. The van der Waals surface area contributed by atoms with E-state index in [2.05, 4.69) is 15.0 Å². The highest BCUT2D eigenvalue weighted by atomic mass is 32.1. The number of aromatic amines is 1. The van der Waals surface area contributed by atoms with E-state index in [0.717, 1.165) is 10.6 Å². The first kappa shape index (κ1) is 7.17. The summed E-state index contributed by atoms with van der Waals surface area (Å²) in [6.07, 6.45) is 4.55.